The Morgan fingerprint density at radius 3 is 2.67 bits per heavy atom. The van der Waals surface area contributed by atoms with Gasteiger partial charge < -0.3 is 16.0 Å². The number of nitrogens with one attached hydrogen (secondary N) is 1. The van der Waals surface area contributed by atoms with E-state index in [2.05, 4.69) is 43.8 Å². The molecule has 1 fully saturated rings. The fraction of sp³-hybridized carbons (Fsp3) is 0.429. The van der Waals surface area contributed by atoms with Crippen molar-refractivity contribution in [3.05, 3.63) is 31.8 Å². The summed E-state index contributed by atoms with van der Waals surface area (Å²) >= 11 is 5.52. The number of nitrogens with zero attached hydrogens (tertiary/aromatic N) is 1. The predicted octanol–water partition coefficient (Wildman–Crippen LogP) is 1.73. The molecule has 1 saturated heterocycles. The van der Waals surface area contributed by atoms with Crippen molar-refractivity contribution in [1.29, 1.82) is 0 Å². The third kappa shape index (κ3) is 4.40. The molecule has 2 amide bonds. The first-order valence-corrected chi connectivity index (χ1v) is 8.61. The van der Waals surface area contributed by atoms with Crippen LogP contribution in [0.1, 0.15) is 23.2 Å². The van der Waals surface area contributed by atoms with Crippen molar-refractivity contribution in [1.82, 2.24) is 10.2 Å². The molecular weight excluding hydrogens is 449 g/mol. The van der Waals surface area contributed by atoms with Gasteiger partial charge in [-0.15, -0.1) is 0 Å². The van der Waals surface area contributed by atoms with Crippen LogP contribution in [0.2, 0.25) is 0 Å². The zero-order chi connectivity index (χ0) is 15.4. The van der Waals surface area contributed by atoms with Gasteiger partial charge in [-0.05, 0) is 66.7 Å². The van der Waals surface area contributed by atoms with Crippen molar-refractivity contribution in [2.24, 2.45) is 5.73 Å². The second kappa shape index (κ2) is 7.55. The summed E-state index contributed by atoms with van der Waals surface area (Å²) in [7, 11) is 0. The highest BCUT2D eigenvalue weighted by molar-refractivity contribution is 14.1. The van der Waals surface area contributed by atoms with Gasteiger partial charge in [-0.3, -0.25) is 9.59 Å². The molecule has 2 rings (SSSR count). The number of hydrogen-bond donors (Lipinski definition) is 2. The molecule has 5 nitrogen and oxygen atoms in total. The molecule has 7 heteroatoms. The molecule has 1 aromatic rings. The zero-order valence-electron chi connectivity index (χ0n) is 11.4. The minimum Gasteiger partial charge on any atom is -0.368 e. The van der Waals surface area contributed by atoms with Gasteiger partial charge in [-0.1, -0.05) is 15.9 Å². The van der Waals surface area contributed by atoms with E-state index in [1.54, 1.807) is 11.0 Å². The predicted molar refractivity (Wildman–Crippen MR) is 93.0 cm³/mol. The summed E-state index contributed by atoms with van der Waals surface area (Å²) < 4.78 is 1.71. The smallest absolute Gasteiger partial charge is 0.255 e. The lowest BCUT2D eigenvalue weighted by molar-refractivity contribution is -0.119. The maximum Gasteiger partial charge on any atom is 0.255 e. The van der Waals surface area contributed by atoms with Gasteiger partial charge in [0.1, 0.15) is 0 Å². The van der Waals surface area contributed by atoms with E-state index in [4.69, 9.17) is 5.73 Å². The largest absolute Gasteiger partial charge is 0.368 e. The quantitative estimate of drug-likeness (QED) is 0.665. The van der Waals surface area contributed by atoms with Crippen molar-refractivity contribution >= 4 is 50.3 Å². The fourth-order valence-electron chi connectivity index (χ4n) is 2.47. The first-order chi connectivity index (χ1) is 9.99. The van der Waals surface area contributed by atoms with Crippen molar-refractivity contribution in [2.75, 3.05) is 19.6 Å². The average Bonchev–Trinajstić information content (AvgIpc) is 2.47. The first-order valence-electron chi connectivity index (χ1n) is 6.74. The lowest BCUT2D eigenvalue weighted by Gasteiger charge is -2.34. The van der Waals surface area contributed by atoms with Gasteiger partial charge in [0.25, 0.3) is 5.91 Å². The Morgan fingerprint density at radius 1 is 1.38 bits per heavy atom. The number of benzene rings is 1. The molecule has 0 aliphatic carbocycles. The van der Waals surface area contributed by atoms with E-state index in [-0.39, 0.29) is 18.5 Å². The molecule has 1 heterocycles. The molecule has 1 aromatic carbocycles. The molecule has 0 spiro atoms. The standard InChI is InChI=1S/C14H17BrIN3O2/c15-9-1-2-12(16)11(7-9)14(21)19(8-13(17)20)10-3-5-18-6-4-10/h1-2,7,10,18H,3-6,8H2,(H2,17,20). The first kappa shape index (κ1) is 16.7. The second-order valence-electron chi connectivity index (χ2n) is 5.00. The van der Waals surface area contributed by atoms with Crippen molar-refractivity contribution < 1.29 is 9.59 Å². The molecule has 114 valence electrons. The maximum atomic E-state index is 12.8. The minimum atomic E-state index is -0.480. The number of carbonyl (C=O) groups is 2. The van der Waals surface area contributed by atoms with Crippen LogP contribution in [-0.2, 0) is 4.79 Å². The normalized spacial score (nSPS) is 15.7. The van der Waals surface area contributed by atoms with Crippen LogP contribution in [0.4, 0.5) is 0 Å². The topological polar surface area (TPSA) is 75.4 Å². The summed E-state index contributed by atoms with van der Waals surface area (Å²) in [4.78, 5) is 25.8. The lowest BCUT2D eigenvalue weighted by Crippen LogP contribution is -2.49. The molecule has 21 heavy (non-hydrogen) atoms. The number of carbonyl (C=O) groups excluding carboxylic acids is 2. The Labute approximate surface area is 145 Å². The Morgan fingerprint density at radius 2 is 2.05 bits per heavy atom. The molecule has 3 N–H and O–H groups in total. The van der Waals surface area contributed by atoms with E-state index in [1.807, 2.05) is 12.1 Å². The van der Waals surface area contributed by atoms with Gasteiger partial charge in [0.2, 0.25) is 5.91 Å². The van der Waals surface area contributed by atoms with E-state index in [1.165, 1.54) is 0 Å². The monoisotopic (exact) mass is 465 g/mol. The highest BCUT2D eigenvalue weighted by atomic mass is 127. The van der Waals surface area contributed by atoms with E-state index in [0.717, 1.165) is 34.0 Å². The maximum absolute atomic E-state index is 12.8. The van der Waals surface area contributed by atoms with Gasteiger partial charge in [0.05, 0.1) is 12.1 Å². The van der Waals surface area contributed by atoms with Crippen LogP contribution in [0.15, 0.2) is 22.7 Å². The third-order valence-electron chi connectivity index (χ3n) is 3.50. The van der Waals surface area contributed by atoms with E-state index in [9.17, 15) is 9.59 Å². The summed E-state index contributed by atoms with van der Waals surface area (Å²) in [6, 6.07) is 5.62. The van der Waals surface area contributed by atoms with Crippen LogP contribution >= 0.6 is 38.5 Å². The Bertz CT molecular complexity index is 547. The molecule has 0 bridgehead atoms. The van der Waals surface area contributed by atoms with Crippen molar-refractivity contribution in [3.8, 4) is 0 Å². The SMILES string of the molecule is NC(=O)CN(C(=O)c1cc(Br)ccc1I)C1CCNCC1. The molecule has 0 aromatic heterocycles. The van der Waals surface area contributed by atoms with Gasteiger partial charge in [0, 0.05) is 14.1 Å². The van der Waals surface area contributed by atoms with Gasteiger partial charge in [-0.25, -0.2) is 0 Å². The summed E-state index contributed by atoms with van der Waals surface area (Å²) in [5.74, 6) is -0.613. The molecule has 0 atom stereocenters. The van der Waals surface area contributed by atoms with Gasteiger partial charge in [-0.2, -0.15) is 0 Å². The number of primary amides is 1. The zero-order valence-corrected chi connectivity index (χ0v) is 15.2. The van der Waals surface area contributed by atoms with Crippen molar-refractivity contribution in [2.45, 2.75) is 18.9 Å². The molecule has 0 unspecified atom stereocenters. The summed E-state index contributed by atoms with van der Waals surface area (Å²) in [5, 5.41) is 3.26. The van der Waals surface area contributed by atoms with Gasteiger partial charge in [0.15, 0.2) is 0 Å². The Kier molecular flexibility index (Phi) is 6.00. The van der Waals surface area contributed by atoms with E-state index >= 15 is 0 Å². The number of amides is 2. The van der Waals surface area contributed by atoms with E-state index in [0.29, 0.717) is 5.56 Å². The molecule has 1 aliphatic heterocycles. The van der Waals surface area contributed by atoms with Crippen LogP contribution in [0.25, 0.3) is 0 Å². The summed E-state index contributed by atoms with van der Waals surface area (Å²) in [6.07, 6.45) is 1.67. The average molecular weight is 466 g/mol. The van der Waals surface area contributed by atoms with Crippen LogP contribution < -0.4 is 11.1 Å². The molecule has 0 radical (unpaired) electrons. The Balaban J connectivity index is 2.28. The number of nitrogens with two attached hydrogens (primary N) is 1. The lowest BCUT2D eigenvalue weighted by atomic mass is 10.0. The Hall–Kier alpha value is -0.670. The van der Waals surface area contributed by atoms with E-state index < -0.39 is 5.91 Å². The molecule has 1 aliphatic rings. The number of rotatable bonds is 4. The third-order valence-corrected chi connectivity index (χ3v) is 4.93. The van der Waals surface area contributed by atoms with Gasteiger partial charge >= 0.3 is 0 Å². The van der Waals surface area contributed by atoms with Crippen LogP contribution in [-0.4, -0.2) is 42.4 Å². The summed E-state index contributed by atoms with van der Waals surface area (Å²) in [5.41, 5.74) is 5.93. The highest BCUT2D eigenvalue weighted by Gasteiger charge is 2.28. The number of piperidine rings is 1. The highest BCUT2D eigenvalue weighted by Crippen LogP contribution is 2.22. The van der Waals surface area contributed by atoms with Crippen LogP contribution in [0.3, 0.4) is 0 Å². The summed E-state index contributed by atoms with van der Waals surface area (Å²) in [6.45, 7) is 1.66. The van der Waals surface area contributed by atoms with Crippen molar-refractivity contribution in [3.63, 3.8) is 0 Å². The molecular formula is C14H17BrIN3O2. The number of halogens is 2. The number of hydrogen-bond acceptors (Lipinski definition) is 3. The fourth-order valence-corrected chi connectivity index (χ4v) is 3.40. The second-order valence-corrected chi connectivity index (χ2v) is 7.08. The van der Waals surface area contributed by atoms with Crippen LogP contribution in [0.5, 0.6) is 0 Å². The minimum absolute atomic E-state index is 0.0356. The molecule has 0 saturated carbocycles. The van der Waals surface area contributed by atoms with Crippen LogP contribution in [0, 0.1) is 3.57 Å².